The third-order valence-corrected chi connectivity index (χ3v) is 4.53. The highest BCUT2D eigenvalue weighted by atomic mass is 16.1. The van der Waals surface area contributed by atoms with E-state index < -0.39 is 0 Å². The predicted molar refractivity (Wildman–Crippen MR) is 78.2 cm³/mol. The second-order valence-corrected chi connectivity index (χ2v) is 7.05. The van der Waals surface area contributed by atoms with Gasteiger partial charge in [0.25, 0.3) is 0 Å². The summed E-state index contributed by atoms with van der Waals surface area (Å²) in [5.41, 5.74) is 3.13. The van der Waals surface area contributed by atoms with Crippen molar-refractivity contribution < 1.29 is 4.79 Å². The number of nitrogens with zero attached hydrogens (tertiary/aromatic N) is 2. The molecular formula is C16H23N3O. The van der Waals surface area contributed by atoms with Gasteiger partial charge in [0.1, 0.15) is 5.69 Å². The molecule has 1 aromatic heterocycles. The van der Waals surface area contributed by atoms with Gasteiger partial charge in [-0.05, 0) is 36.3 Å². The van der Waals surface area contributed by atoms with E-state index in [0.29, 0.717) is 12.3 Å². The van der Waals surface area contributed by atoms with Crippen LogP contribution in [0.25, 0.3) is 5.57 Å². The van der Waals surface area contributed by atoms with Gasteiger partial charge in [0.2, 0.25) is 0 Å². The minimum Gasteiger partial charge on any atom is -0.295 e. The zero-order valence-electron chi connectivity index (χ0n) is 12.4. The van der Waals surface area contributed by atoms with E-state index in [1.165, 1.54) is 32.1 Å². The molecule has 20 heavy (non-hydrogen) atoms. The number of aromatic nitrogens is 3. The monoisotopic (exact) mass is 273 g/mol. The number of nitrogens with one attached hydrogen (secondary N) is 1. The summed E-state index contributed by atoms with van der Waals surface area (Å²) < 4.78 is 0. The molecule has 0 saturated heterocycles. The Morgan fingerprint density at radius 1 is 1.15 bits per heavy atom. The lowest BCUT2D eigenvalue weighted by Gasteiger charge is -2.29. The molecule has 0 spiro atoms. The van der Waals surface area contributed by atoms with E-state index in [0.717, 1.165) is 23.4 Å². The molecule has 4 heteroatoms. The number of aromatic amines is 1. The molecule has 0 atom stereocenters. The van der Waals surface area contributed by atoms with Gasteiger partial charge in [0.15, 0.2) is 5.78 Å². The fourth-order valence-corrected chi connectivity index (χ4v) is 3.63. The Labute approximate surface area is 120 Å². The largest absolute Gasteiger partial charge is 0.295 e. The fraction of sp³-hybridized carbons (Fsp3) is 0.688. The first-order valence-corrected chi connectivity index (χ1v) is 7.70. The quantitative estimate of drug-likeness (QED) is 0.895. The Morgan fingerprint density at radius 2 is 1.90 bits per heavy atom. The van der Waals surface area contributed by atoms with E-state index in [4.69, 9.17) is 0 Å². The van der Waals surface area contributed by atoms with Crippen molar-refractivity contribution >= 4 is 11.4 Å². The highest BCUT2D eigenvalue weighted by molar-refractivity contribution is 5.98. The van der Waals surface area contributed by atoms with Crippen molar-refractivity contribution in [2.24, 2.45) is 5.41 Å². The molecule has 0 radical (unpaired) electrons. The van der Waals surface area contributed by atoms with Crippen molar-refractivity contribution in [2.45, 2.75) is 64.7 Å². The van der Waals surface area contributed by atoms with Crippen molar-refractivity contribution in [1.29, 1.82) is 0 Å². The van der Waals surface area contributed by atoms with Crippen LogP contribution in [-0.2, 0) is 4.79 Å². The molecule has 1 fully saturated rings. The van der Waals surface area contributed by atoms with E-state index in [2.05, 4.69) is 29.3 Å². The highest BCUT2D eigenvalue weighted by Crippen LogP contribution is 2.41. The molecule has 0 aliphatic heterocycles. The Bertz CT molecular complexity index is 536. The third-order valence-electron chi connectivity index (χ3n) is 4.53. The van der Waals surface area contributed by atoms with Gasteiger partial charge in [-0.25, -0.2) is 0 Å². The fourth-order valence-electron chi connectivity index (χ4n) is 3.63. The first kappa shape index (κ1) is 13.5. The second-order valence-electron chi connectivity index (χ2n) is 7.05. The molecule has 2 aliphatic rings. The van der Waals surface area contributed by atoms with Crippen molar-refractivity contribution in [2.75, 3.05) is 0 Å². The molecule has 108 valence electrons. The Balaban J connectivity index is 1.91. The van der Waals surface area contributed by atoms with E-state index in [1.807, 2.05) is 0 Å². The summed E-state index contributed by atoms with van der Waals surface area (Å²) in [6.45, 7) is 4.30. The van der Waals surface area contributed by atoms with Crippen molar-refractivity contribution in [3.63, 3.8) is 0 Å². The summed E-state index contributed by atoms with van der Waals surface area (Å²) in [7, 11) is 0. The standard InChI is InChI=1S/C16H23N3O/c1-16(2)9-12(8-13(20)10-16)15-14(17-19-18-15)11-6-4-3-5-7-11/h8,11H,3-7,9-10H2,1-2H3,(H,17,18,19). The number of hydrogen-bond donors (Lipinski definition) is 1. The lowest BCUT2D eigenvalue weighted by Crippen LogP contribution is -2.22. The summed E-state index contributed by atoms with van der Waals surface area (Å²) in [6.07, 6.45) is 9.61. The predicted octanol–water partition coefficient (Wildman–Crippen LogP) is 3.62. The van der Waals surface area contributed by atoms with E-state index >= 15 is 0 Å². The van der Waals surface area contributed by atoms with Gasteiger partial charge in [-0.1, -0.05) is 33.1 Å². The SMILES string of the molecule is CC1(C)CC(=O)C=C(c2n[nH]nc2C2CCCCC2)C1. The number of hydrogen-bond acceptors (Lipinski definition) is 3. The smallest absolute Gasteiger partial charge is 0.156 e. The average Bonchev–Trinajstić information content (AvgIpc) is 2.86. The number of ketones is 1. The van der Waals surface area contributed by atoms with Gasteiger partial charge in [0.05, 0.1) is 5.69 Å². The summed E-state index contributed by atoms with van der Waals surface area (Å²) in [4.78, 5) is 11.9. The number of allylic oxidation sites excluding steroid dienone is 2. The normalized spacial score (nSPS) is 23.7. The maximum absolute atomic E-state index is 11.9. The summed E-state index contributed by atoms with van der Waals surface area (Å²) in [6, 6.07) is 0. The van der Waals surface area contributed by atoms with Crippen LogP contribution in [0.4, 0.5) is 0 Å². The first-order valence-electron chi connectivity index (χ1n) is 7.70. The molecule has 0 amide bonds. The Kier molecular flexibility index (Phi) is 3.48. The van der Waals surface area contributed by atoms with Crippen LogP contribution in [0, 0.1) is 5.41 Å². The summed E-state index contributed by atoms with van der Waals surface area (Å²) in [5.74, 6) is 0.729. The molecule has 1 N–H and O–H groups in total. The van der Waals surface area contributed by atoms with Gasteiger partial charge >= 0.3 is 0 Å². The zero-order chi connectivity index (χ0) is 14.2. The first-order chi connectivity index (χ1) is 9.55. The van der Waals surface area contributed by atoms with Crippen LogP contribution < -0.4 is 0 Å². The molecule has 1 heterocycles. The maximum atomic E-state index is 11.9. The topological polar surface area (TPSA) is 58.6 Å². The number of H-pyrrole nitrogens is 1. The van der Waals surface area contributed by atoms with Gasteiger partial charge in [-0.3, -0.25) is 4.79 Å². The number of carbonyl (C=O) groups is 1. The second kappa shape index (κ2) is 5.15. The van der Waals surface area contributed by atoms with Crippen LogP contribution in [0.2, 0.25) is 0 Å². The molecule has 2 aliphatic carbocycles. The molecule has 4 nitrogen and oxygen atoms in total. The van der Waals surface area contributed by atoms with Crippen LogP contribution in [0.3, 0.4) is 0 Å². The minimum atomic E-state index is 0.0317. The molecule has 0 bridgehead atoms. The van der Waals surface area contributed by atoms with E-state index in [-0.39, 0.29) is 11.2 Å². The van der Waals surface area contributed by atoms with Crippen LogP contribution in [0.1, 0.15) is 76.1 Å². The Morgan fingerprint density at radius 3 is 2.60 bits per heavy atom. The summed E-state index contributed by atoms with van der Waals surface area (Å²) >= 11 is 0. The third kappa shape index (κ3) is 2.69. The average molecular weight is 273 g/mol. The molecule has 1 saturated carbocycles. The van der Waals surface area contributed by atoms with Crippen LogP contribution in [-0.4, -0.2) is 21.2 Å². The van der Waals surface area contributed by atoms with Crippen molar-refractivity contribution in [1.82, 2.24) is 15.4 Å². The maximum Gasteiger partial charge on any atom is 0.156 e. The van der Waals surface area contributed by atoms with Crippen LogP contribution in [0.15, 0.2) is 6.08 Å². The van der Waals surface area contributed by atoms with E-state index in [1.54, 1.807) is 6.08 Å². The minimum absolute atomic E-state index is 0.0317. The van der Waals surface area contributed by atoms with E-state index in [9.17, 15) is 4.79 Å². The molecule has 0 unspecified atom stereocenters. The van der Waals surface area contributed by atoms with Crippen LogP contribution >= 0.6 is 0 Å². The zero-order valence-corrected chi connectivity index (χ0v) is 12.4. The van der Waals surface area contributed by atoms with Gasteiger partial charge in [0, 0.05) is 12.3 Å². The molecular weight excluding hydrogens is 250 g/mol. The molecule has 3 rings (SSSR count). The van der Waals surface area contributed by atoms with Gasteiger partial charge in [-0.2, -0.15) is 15.4 Å². The van der Waals surface area contributed by atoms with Gasteiger partial charge < -0.3 is 0 Å². The number of rotatable bonds is 2. The molecule has 0 aromatic carbocycles. The van der Waals surface area contributed by atoms with Crippen molar-refractivity contribution in [3.05, 3.63) is 17.5 Å². The molecule has 1 aromatic rings. The highest BCUT2D eigenvalue weighted by Gasteiger charge is 2.31. The lowest BCUT2D eigenvalue weighted by molar-refractivity contribution is -0.116. The Hall–Kier alpha value is -1.45. The lowest BCUT2D eigenvalue weighted by atomic mass is 9.75. The summed E-state index contributed by atoms with van der Waals surface area (Å²) in [5, 5.41) is 11.5. The number of carbonyl (C=O) groups excluding carboxylic acids is 1. The van der Waals surface area contributed by atoms with Crippen LogP contribution in [0.5, 0.6) is 0 Å². The van der Waals surface area contributed by atoms with Gasteiger partial charge in [-0.15, -0.1) is 0 Å². The van der Waals surface area contributed by atoms with Crippen molar-refractivity contribution in [3.8, 4) is 0 Å².